The van der Waals surface area contributed by atoms with E-state index in [-0.39, 0.29) is 0 Å². The van der Waals surface area contributed by atoms with Gasteiger partial charge < -0.3 is 10.1 Å². The maximum Gasteiger partial charge on any atom is 0.248 e. The molecule has 2 aromatic carbocycles. The number of methoxy groups -OCH3 is 1. The minimum Gasteiger partial charge on any atom is -0.495 e. The summed E-state index contributed by atoms with van der Waals surface area (Å²) >= 11 is 0. The molecule has 0 saturated carbocycles. The second-order valence-electron chi connectivity index (χ2n) is 6.94. The highest BCUT2D eigenvalue weighted by molar-refractivity contribution is 7.92. The minimum atomic E-state index is -3.68. The van der Waals surface area contributed by atoms with E-state index in [4.69, 9.17) is 4.74 Å². The van der Waals surface area contributed by atoms with Gasteiger partial charge in [0, 0.05) is 0 Å². The van der Waals surface area contributed by atoms with Crippen molar-refractivity contribution in [2.24, 2.45) is 0 Å². The Hall–Kier alpha value is -2.54. The summed E-state index contributed by atoms with van der Waals surface area (Å²) in [7, 11) is -2.16. The van der Waals surface area contributed by atoms with E-state index in [1.54, 1.807) is 31.2 Å². The van der Waals surface area contributed by atoms with Gasteiger partial charge in [-0.3, -0.25) is 9.10 Å². The third-order valence-electron chi connectivity index (χ3n) is 4.69. The fourth-order valence-corrected chi connectivity index (χ4v) is 4.26. The number of hydrogen-bond acceptors (Lipinski definition) is 4. The van der Waals surface area contributed by atoms with Gasteiger partial charge in [0.1, 0.15) is 11.8 Å². The number of hydrogen-bond donors (Lipinski definition) is 1. The Bertz CT molecular complexity index is 970. The molecule has 7 heteroatoms. The normalized spacial score (nSPS) is 12.4. The first-order valence-electron chi connectivity index (χ1n) is 9.10. The molecule has 0 aliphatic carbocycles. The molecule has 0 bridgehead atoms. The molecule has 6 nitrogen and oxygen atoms in total. The molecule has 0 radical (unpaired) electrons. The number of sulfonamides is 1. The van der Waals surface area contributed by atoms with E-state index < -0.39 is 22.0 Å². The number of carbonyl (C=O) groups is 1. The van der Waals surface area contributed by atoms with Crippen LogP contribution in [0.15, 0.2) is 36.4 Å². The molecule has 0 heterocycles. The molecule has 28 heavy (non-hydrogen) atoms. The van der Waals surface area contributed by atoms with Crippen LogP contribution in [0.5, 0.6) is 5.75 Å². The third kappa shape index (κ3) is 4.84. The van der Waals surface area contributed by atoms with E-state index in [2.05, 4.69) is 5.32 Å². The van der Waals surface area contributed by atoms with Crippen LogP contribution in [0, 0.1) is 20.8 Å². The van der Waals surface area contributed by atoms with Gasteiger partial charge in [-0.15, -0.1) is 0 Å². The van der Waals surface area contributed by atoms with E-state index in [9.17, 15) is 13.2 Å². The van der Waals surface area contributed by atoms with Crippen molar-refractivity contribution in [1.82, 2.24) is 0 Å². The first-order chi connectivity index (χ1) is 13.1. The van der Waals surface area contributed by atoms with Crippen LogP contribution >= 0.6 is 0 Å². The molecule has 0 aromatic heterocycles. The van der Waals surface area contributed by atoms with Crippen molar-refractivity contribution in [2.45, 2.75) is 40.2 Å². The smallest absolute Gasteiger partial charge is 0.248 e. The Morgan fingerprint density at radius 1 is 1.11 bits per heavy atom. The van der Waals surface area contributed by atoms with E-state index in [0.29, 0.717) is 23.5 Å². The summed E-state index contributed by atoms with van der Waals surface area (Å²) in [5, 5.41) is 2.83. The van der Waals surface area contributed by atoms with E-state index >= 15 is 0 Å². The third-order valence-corrected chi connectivity index (χ3v) is 5.87. The maximum absolute atomic E-state index is 13.1. The lowest BCUT2D eigenvalue weighted by atomic mass is 10.1. The van der Waals surface area contributed by atoms with Crippen molar-refractivity contribution in [2.75, 3.05) is 23.0 Å². The quantitative estimate of drug-likeness (QED) is 0.761. The Labute approximate surface area is 167 Å². The van der Waals surface area contributed by atoms with Gasteiger partial charge in [0.05, 0.1) is 24.7 Å². The predicted molar refractivity (Wildman–Crippen MR) is 114 cm³/mol. The van der Waals surface area contributed by atoms with Crippen molar-refractivity contribution in [3.63, 3.8) is 0 Å². The van der Waals surface area contributed by atoms with Crippen LogP contribution < -0.4 is 14.4 Å². The average Bonchev–Trinajstić information content (AvgIpc) is 2.61. The standard InChI is InChI=1S/C21H28N2O4S/c1-7-19(21(24)22-18-12-14(2)8-11-20(18)27-5)23(28(6,25)26)17-10-9-15(3)16(4)13-17/h8-13,19H,7H2,1-6H3,(H,22,24)/t19-/m0/s1. The lowest BCUT2D eigenvalue weighted by Crippen LogP contribution is -2.47. The summed E-state index contributed by atoms with van der Waals surface area (Å²) < 4.78 is 31.7. The molecule has 1 atom stereocenters. The van der Waals surface area contributed by atoms with E-state index in [0.717, 1.165) is 22.9 Å². The van der Waals surface area contributed by atoms with E-state index in [1.165, 1.54) is 11.4 Å². The zero-order chi connectivity index (χ0) is 21.1. The second kappa shape index (κ2) is 8.65. The monoisotopic (exact) mass is 404 g/mol. The molecule has 0 fully saturated rings. The number of carbonyl (C=O) groups excluding carboxylic acids is 1. The molecule has 2 aromatic rings. The van der Waals surface area contributed by atoms with Crippen LogP contribution in [-0.2, 0) is 14.8 Å². The van der Waals surface area contributed by atoms with Crippen molar-refractivity contribution in [1.29, 1.82) is 0 Å². The molecule has 0 aliphatic rings. The molecule has 0 saturated heterocycles. The van der Waals surface area contributed by atoms with Gasteiger partial charge in [0.25, 0.3) is 0 Å². The van der Waals surface area contributed by atoms with Crippen LogP contribution in [0.25, 0.3) is 0 Å². The number of benzene rings is 2. The zero-order valence-corrected chi connectivity index (χ0v) is 18.1. The van der Waals surface area contributed by atoms with Gasteiger partial charge in [0.15, 0.2) is 0 Å². The molecule has 0 spiro atoms. The summed E-state index contributed by atoms with van der Waals surface area (Å²) in [6, 6.07) is 9.93. The summed E-state index contributed by atoms with van der Waals surface area (Å²) in [5.74, 6) is 0.112. The van der Waals surface area contributed by atoms with Crippen LogP contribution in [-0.4, -0.2) is 33.7 Å². The number of aryl methyl sites for hydroxylation is 3. The van der Waals surface area contributed by atoms with Crippen LogP contribution in [0.1, 0.15) is 30.0 Å². The number of rotatable bonds is 7. The Morgan fingerprint density at radius 3 is 2.32 bits per heavy atom. The Balaban J connectivity index is 2.45. The number of anilines is 2. The van der Waals surface area contributed by atoms with Gasteiger partial charge in [-0.05, 0) is 68.1 Å². The fraction of sp³-hybridized carbons (Fsp3) is 0.381. The SMILES string of the molecule is CC[C@@H](C(=O)Nc1cc(C)ccc1OC)N(c1ccc(C)c(C)c1)S(C)(=O)=O. The van der Waals surface area contributed by atoms with Gasteiger partial charge in [0.2, 0.25) is 15.9 Å². The van der Waals surface area contributed by atoms with E-state index in [1.807, 2.05) is 32.9 Å². The van der Waals surface area contributed by atoms with Crippen molar-refractivity contribution in [3.8, 4) is 5.75 Å². The number of nitrogens with zero attached hydrogens (tertiary/aromatic N) is 1. The number of nitrogens with one attached hydrogen (secondary N) is 1. The summed E-state index contributed by atoms with van der Waals surface area (Å²) in [5.41, 5.74) is 3.96. The van der Waals surface area contributed by atoms with Crippen LogP contribution in [0.2, 0.25) is 0 Å². The first-order valence-corrected chi connectivity index (χ1v) is 11.0. The van der Waals surface area contributed by atoms with Crippen molar-refractivity contribution >= 4 is 27.3 Å². The average molecular weight is 405 g/mol. The fourth-order valence-electron chi connectivity index (χ4n) is 3.06. The Morgan fingerprint density at radius 2 is 1.79 bits per heavy atom. The second-order valence-corrected chi connectivity index (χ2v) is 8.80. The molecule has 2 rings (SSSR count). The molecule has 0 unspecified atom stereocenters. The van der Waals surface area contributed by atoms with Crippen LogP contribution in [0.3, 0.4) is 0 Å². The van der Waals surface area contributed by atoms with Crippen molar-refractivity contribution < 1.29 is 17.9 Å². The summed E-state index contributed by atoms with van der Waals surface area (Å²) in [6.07, 6.45) is 1.44. The molecule has 0 aliphatic heterocycles. The Kier molecular flexibility index (Phi) is 6.72. The summed E-state index contributed by atoms with van der Waals surface area (Å²) in [4.78, 5) is 13.1. The number of ether oxygens (including phenoxy) is 1. The highest BCUT2D eigenvalue weighted by atomic mass is 32.2. The molecule has 1 amide bonds. The molecular weight excluding hydrogens is 376 g/mol. The van der Waals surface area contributed by atoms with Gasteiger partial charge in [-0.25, -0.2) is 8.42 Å². The topological polar surface area (TPSA) is 75.7 Å². The highest BCUT2D eigenvalue weighted by Gasteiger charge is 2.32. The molecule has 1 N–H and O–H groups in total. The maximum atomic E-state index is 13.1. The highest BCUT2D eigenvalue weighted by Crippen LogP contribution is 2.28. The zero-order valence-electron chi connectivity index (χ0n) is 17.2. The lowest BCUT2D eigenvalue weighted by molar-refractivity contribution is -0.117. The van der Waals surface area contributed by atoms with Gasteiger partial charge >= 0.3 is 0 Å². The molecule has 152 valence electrons. The first kappa shape index (κ1) is 21.8. The summed E-state index contributed by atoms with van der Waals surface area (Å²) in [6.45, 7) is 7.57. The molecular formula is C21H28N2O4S. The largest absolute Gasteiger partial charge is 0.495 e. The predicted octanol–water partition coefficient (Wildman–Crippen LogP) is 3.80. The van der Waals surface area contributed by atoms with Crippen LogP contribution in [0.4, 0.5) is 11.4 Å². The van der Waals surface area contributed by atoms with Gasteiger partial charge in [-0.2, -0.15) is 0 Å². The minimum absolute atomic E-state index is 0.319. The number of amides is 1. The van der Waals surface area contributed by atoms with Crippen molar-refractivity contribution in [3.05, 3.63) is 53.1 Å². The van der Waals surface area contributed by atoms with Gasteiger partial charge in [-0.1, -0.05) is 19.1 Å². The lowest BCUT2D eigenvalue weighted by Gasteiger charge is -2.30.